The molecule has 0 spiro atoms. The summed E-state index contributed by atoms with van der Waals surface area (Å²) in [6.07, 6.45) is 2.00. The summed E-state index contributed by atoms with van der Waals surface area (Å²) in [5.41, 5.74) is 11.9. The molecule has 0 saturated carbocycles. The molecule has 0 aromatic carbocycles. The minimum Gasteiger partial charge on any atom is -0.325 e. The second-order valence-electron chi connectivity index (χ2n) is 4.93. The molecule has 4 N–H and O–H groups in total. The largest absolute Gasteiger partial charge is 0.325 e. The predicted molar refractivity (Wildman–Crippen MR) is 54.9 cm³/mol. The molecule has 0 aliphatic heterocycles. The zero-order valence-electron chi connectivity index (χ0n) is 9.15. The van der Waals surface area contributed by atoms with Crippen molar-refractivity contribution in [2.45, 2.75) is 58.5 Å². The van der Waals surface area contributed by atoms with E-state index < -0.39 is 0 Å². The fraction of sp³-hybridized carbons (Fsp3) is 1.00. The van der Waals surface area contributed by atoms with Crippen LogP contribution in [0.25, 0.3) is 0 Å². The minimum absolute atomic E-state index is 0.0595. The number of hydrogen-bond donors (Lipinski definition) is 2. The van der Waals surface area contributed by atoms with Crippen LogP contribution in [0, 0.1) is 5.92 Å². The van der Waals surface area contributed by atoms with E-state index in [1.54, 1.807) is 0 Å². The molecule has 0 bridgehead atoms. The Morgan fingerprint density at radius 2 is 1.58 bits per heavy atom. The molecule has 0 heterocycles. The van der Waals surface area contributed by atoms with Crippen LogP contribution in [0.15, 0.2) is 0 Å². The van der Waals surface area contributed by atoms with Gasteiger partial charge in [0.2, 0.25) is 0 Å². The molecule has 2 nitrogen and oxygen atoms in total. The van der Waals surface area contributed by atoms with E-state index in [-0.39, 0.29) is 11.1 Å². The average molecular weight is 172 g/mol. The van der Waals surface area contributed by atoms with Crippen LogP contribution in [-0.4, -0.2) is 11.1 Å². The van der Waals surface area contributed by atoms with Crippen LogP contribution in [0.5, 0.6) is 0 Å². The molecule has 0 rings (SSSR count). The van der Waals surface area contributed by atoms with E-state index in [1.165, 1.54) is 0 Å². The summed E-state index contributed by atoms with van der Waals surface area (Å²) >= 11 is 0. The van der Waals surface area contributed by atoms with Gasteiger partial charge in [-0.05, 0) is 39.5 Å². The summed E-state index contributed by atoms with van der Waals surface area (Å²) < 4.78 is 0. The molecular formula is C10H24N2. The molecule has 0 fully saturated rings. The van der Waals surface area contributed by atoms with Crippen molar-refractivity contribution in [1.82, 2.24) is 0 Å². The molecule has 1 unspecified atom stereocenters. The predicted octanol–water partition coefficient (Wildman–Crippen LogP) is 1.88. The van der Waals surface area contributed by atoms with E-state index in [0.717, 1.165) is 12.8 Å². The summed E-state index contributed by atoms with van der Waals surface area (Å²) in [7, 11) is 0. The highest BCUT2D eigenvalue weighted by Crippen LogP contribution is 2.24. The number of nitrogens with two attached hydrogens (primary N) is 2. The lowest BCUT2D eigenvalue weighted by Crippen LogP contribution is -2.46. The highest BCUT2D eigenvalue weighted by molar-refractivity contribution is 4.87. The van der Waals surface area contributed by atoms with Crippen LogP contribution < -0.4 is 11.5 Å². The second-order valence-corrected chi connectivity index (χ2v) is 4.93. The average Bonchev–Trinajstić information content (AvgIpc) is 1.85. The van der Waals surface area contributed by atoms with Gasteiger partial charge in [0.25, 0.3) is 0 Å². The van der Waals surface area contributed by atoms with Gasteiger partial charge in [0.05, 0.1) is 0 Å². The first-order chi connectivity index (χ1) is 5.19. The lowest BCUT2D eigenvalue weighted by Gasteiger charge is -2.34. The highest BCUT2D eigenvalue weighted by Gasteiger charge is 2.27. The fourth-order valence-corrected chi connectivity index (χ4v) is 1.11. The molecule has 2 heteroatoms. The molecule has 0 aliphatic carbocycles. The Labute approximate surface area is 76.7 Å². The molecule has 12 heavy (non-hydrogen) atoms. The Balaban J connectivity index is 4.09. The molecule has 2 atom stereocenters. The van der Waals surface area contributed by atoms with E-state index in [9.17, 15) is 0 Å². The smallest absolute Gasteiger partial charge is 0.0126 e. The van der Waals surface area contributed by atoms with Crippen LogP contribution in [-0.2, 0) is 0 Å². The zero-order chi connectivity index (χ0) is 9.99. The van der Waals surface area contributed by atoms with Gasteiger partial charge in [-0.3, -0.25) is 0 Å². The van der Waals surface area contributed by atoms with Gasteiger partial charge in [-0.15, -0.1) is 0 Å². The van der Waals surface area contributed by atoms with Crippen LogP contribution >= 0.6 is 0 Å². The maximum atomic E-state index is 6.06. The monoisotopic (exact) mass is 172 g/mol. The molecule has 0 aliphatic rings. The number of hydrogen-bond acceptors (Lipinski definition) is 2. The Kier molecular flexibility index (Phi) is 3.73. The van der Waals surface area contributed by atoms with Gasteiger partial charge >= 0.3 is 0 Å². The van der Waals surface area contributed by atoms with Gasteiger partial charge in [0.1, 0.15) is 0 Å². The zero-order valence-corrected chi connectivity index (χ0v) is 9.15. The molecule has 0 saturated heterocycles. The van der Waals surface area contributed by atoms with E-state index in [4.69, 9.17) is 11.5 Å². The van der Waals surface area contributed by atoms with Crippen molar-refractivity contribution in [3.63, 3.8) is 0 Å². The van der Waals surface area contributed by atoms with Crippen LogP contribution in [0.3, 0.4) is 0 Å². The Morgan fingerprint density at radius 3 is 1.83 bits per heavy atom. The Morgan fingerprint density at radius 1 is 1.17 bits per heavy atom. The number of rotatable bonds is 4. The first-order valence-corrected chi connectivity index (χ1v) is 4.77. The van der Waals surface area contributed by atoms with Gasteiger partial charge in [-0.25, -0.2) is 0 Å². The topological polar surface area (TPSA) is 52.0 Å². The van der Waals surface area contributed by atoms with Gasteiger partial charge in [-0.2, -0.15) is 0 Å². The van der Waals surface area contributed by atoms with Crippen LogP contribution in [0.4, 0.5) is 0 Å². The van der Waals surface area contributed by atoms with E-state index in [1.807, 2.05) is 0 Å². The maximum Gasteiger partial charge on any atom is 0.0126 e. The summed E-state index contributed by atoms with van der Waals surface area (Å²) in [5.74, 6) is 0.465. The first-order valence-electron chi connectivity index (χ1n) is 4.77. The Hall–Kier alpha value is -0.0800. The molecular weight excluding hydrogens is 148 g/mol. The van der Waals surface area contributed by atoms with Crippen molar-refractivity contribution < 1.29 is 0 Å². The summed E-state index contributed by atoms with van der Waals surface area (Å²) in [4.78, 5) is 0. The van der Waals surface area contributed by atoms with Gasteiger partial charge in [0.15, 0.2) is 0 Å². The summed E-state index contributed by atoms with van der Waals surface area (Å²) in [5, 5.41) is 0. The Bertz CT molecular complexity index is 133. The molecule has 0 aromatic heterocycles. The summed E-state index contributed by atoms with van der Waals surface area (Å²) in [6, 6.07) is 0. The third kappa shape index (κ3) is 4.07. The van der Waals surface area contributed by atoms with Crippen molar-refractivity contribution in [2.75, 3.05) is 0 Å². The van der Waals surface area contributed by atoms with E-state index in [0.29, 0.717) is 5.92 Å². The van der Waals surface area contributed by atoms with Gasteiger partial charge in [-0.1, -0.05) is 13.8 Å². The fourth-order valence-electron chi connectivity index (χ4n) is 1.11. The third-order valence-electron chi connectivity index (χ3n) is 2.85. The van der Waals surface area contributed by atoms with Gasteiger partial charge < -0.3 is 11.5 Å². The van der Waals surface area contributed by atoms with Crippen LogP contribution in [0.2, 0.25) is 0 Å². The lowest BCUT2D eigenvalue weighted by atomic mass is 9.79. The normalized spacial score (nSPS) is 20.2. The molecule has 0 aromatic rings. The molecule has 0 radical (unpaired) electrons. The third-order valence-corrected chi connectivity index (χ3v) is 2.85. The van der Waals surface area contributed by atoms with Crippen LogP contribution in [0.1, 0.15) is 47.5 Å². The highest BCUT2D eigenvalue weighted by atomic mass is 14.8. The second kappa shape index (κ2) is 3.75. The maximum absolute atomic E-state index is 6.06. The van der Waals surface area contributed by atoms with Crippen molar-refractivity contribution >= 4 is 0 Å². The SMILES string of the molecule is CC[C@](C)(N)CC(C)C(C)(C)N. The minimum atomic E-state index is -0.115. The molecule has 0 amide bonds. The molecule has 74 valence electrons. The van der Waals surface area contributed by atoms with Crippen molar-refractivity contribution in [2.24, 2.45) is 17.4 Å². The lowest BCUT2D eigenvalue weighted by molar-refractivity contribution is 0.256. The van der Waals surface area contributed by atoms with Crippen molar-refractivity contribution in [3.8, 4) is 0 Å². The summed E-state index contributed by atoms with van der Waals surface area (Å²) in [6.45, 7) is 10.5. The van der Waals surface area contributed by atoms with E-state index >= 15 is 0 Å². The van der Waals surface area contributed by atoms with Crippen molar-refractivity contribution in [1.29, 1.82) is 0 Å². The standard InChI is InChI=1S/C10H24N2/c1-6-10(5,12)7-8(2)9(3,4)11/h8H,6-7,11-12H2,1-5H3/t8?,10-/m0/s1. The van der Waals surface area contributed by atoms with E-state index in [2.05, 4.69) is 34.6 Å². The van der Waals surface area contributed by atoms with Gasteiger partial charge in [0, 0.05) is 11.1 Å². The van der Waals surface area contributed by atoms with Crippen molar-refractivity contribution in [3.05, 3.63) is 0 Å². The quantitative estimate of drug-likeness (QED) is 0.680. The first kappa shape index (κ1) is 11.9.